The number of nitrogens with zero attached hydrogens (tertiary/aromatic N) is 2. The Labute approximate surface area is 343 Å². The van der Waals surface area contributed by atoms with Gasteiger partial charge in [-0.05, 0) is 61.3 Å². The van der Waals surface area contributed by atoms with Gasteiger partial charge in [-0.2, -0.15) is 0 Å². The van der Waals surface area contributed by atoms with Gasteiger partial charge in [0.05, 0.1) is 19.8 Å². The van der Waals surface area contributed by atoms with Gasteiger partial charge in [-0.15, -0.1) is 0 Å². The van der Waals surface area contributed by atoms with E-state index in [2.05, 4.69) is 16.0 Å². The van der Waals surface area contributed by atoms with E-state index in [9.17, 15) is 44.4 Å². The maximum absolute atomic E-state index is 14.0. The third kappa shape index (κ3) is 12.1. The second-order valence-corrected chi connectivity index (χ2v) is 20.7. The number of alkyl carbamates (subject to hydrolysis) is 1. The Bertz CT molecular complexity index is 1980. The summed E-state index contributed by atoms with van der Waals surface area (Å²) < 4.78 is 25.2. The van der Waals surface area contributed by atoms with E-state index in [4.69, 9.17) is 18.6 Å². The number of hydrogen-bond donors (Lipinski definition) is 7. The van der Waals surface area contributed by atoms with Crippen molar-refractivity contribution in [3.05, 3.63) is 98.8 Å². The molecule has 0 spiro atoms. The third-order valence-electron chi connectivity index (χ3n) is 10.6. The fraction of sp³-hybridized carbons (Fsp3) is 0.525. The molecule has 324 valence electrons. The number of rotatable bonds is 19. The molecule has 59 heavy (non-hydrogen) atoms. The molecular weight excluding hydrogens is 787 g/mol. The first-order valence-electron chi connectivity index (χ1n) is 19.3. The van der Waals surface area contributed by atoms with Crippen molar-refractivity contribution in [2.45, 2.75) is 114 Å². The van der Waals surface area contributed by atoms with Gasteiger partial charge < -0.3 is 55.0 Å². The monoisotopic (exact) mass is 843 g/mol. The molecule has 0 saturated carbocycles. The summed E-state index contributed by atoms with van der Waals surface area (Å²) >= 11 is 0. The average molecular weight is 844 g/mol. The van der Waals surface area contributed by atoms with Gasteiger partial charge in [-0.3, -0.25) is 23.5 Å². The average Bonchev–Trinajstić information content (AvgIpc) is 3.49. The quantitative estimate of drug-likeness (QED) is 0.0665. The predicted molar refractivity (Wildman–Crippen MR) is 217 cm³/mol. The molecule has 1 unspecified atom stereocenters. The molecule has 2 heterocycles. The topological polar surface area (TPSA) is 249 Å². The smallest absolute Gasteiger partial charge is 0.408 e. The summed E-state index contributed by atoms with van der Waals surface area (Å²) in [5.74, 6) is -1.59. The number of aliphatic hydroxyl groups is 3. The van der Waals surface area contributed by atoms with Gasteiger partial charge in [0.2, 0.25) is 5.91 Å². The van der Waals surface area contributed by atoms with Crippen LogP contribution in [0, 0.1) is 0 Å². The number of amides is 2. The van der Waals surface area contributed by atoms with Crippen molar-refractivity contribution in [1.29, 1.82) is 0 Å². The molecule has 1 aliphatic heterocycles. The second-order valence-electron chi connectivity index (χ2n) is 15.9. The Morgan fingerprint density at radius 3 is 2.20 bits per heavy atom. The highest BCUT2D eigenvalue weighted by Crippen LogP contribution is 2.42. The first-order chi connectivity index (χ1) is 27.7. The van der Waals surface area contributed by atoms with Gasteiger partial charge in [0.15, 0.2) is 14.5 Å². The van der Waals surface area contributed by atoms with Gasteiger partial charge in [-0.1, -0.05) is 63.2 Å². The highest BCUT2D eigenvalue weighted by Gasteiger charge is 2.54. The molecule has 1 saturated heterocycles. The lowest BCUT2D eigenvalue weighted by Crippen LogP contribution is -2.55. The fourth-order valence-electron chi connectivity index (χ4n) is 6.12. The molecule has 0 bridgehead atoms. The van der Waals surface area contributed by atoms with Crippen LogP contribution in [0.15, 0.2) is 76.4 Å². The summed E-state index contributed by atoms with van der Waals surface area (Å²) in [5, 5.41) is 50.8. The summed E-state index contributed by atoms with van der Waals surface area (Å²) in [5.41, 5.74) is -0.0156. The summed E-state index contributed by atoms with van der Waals surface area (Å²) in [7, 11) is -1.21. The number of methoxy groups -OCH3 is 1. The highest BCUT2D eigenvalue weighted by molar-refractivity contribution is 6.74. The molecule has 0 radical (unpaired) electrons. The van der Waals surface area contributed by atoms with Crippen LogP contribution < -0.4 is 31.9 Å². The number of aliphatic carboxylic acids is 1. The number of hydrogen-bond acceptors (Lipinski definition) is 13. The maximum Gasteiger partial charge on any atom is 0.408 e. The Balaban J connectivity index is 1.45. The van der Waals surface area contributed by atoms with E-state index in [1.165, 1.54) is 26.3 Å². The zero-order valence-corrected chi connectivity index (χ0v) is 35.4. The summed E-state index contributed by atoms with van der Waals surface area (Å²) in [4.78, 5) is 64.6. The molecule has 1 aliphatic rings. The number of carboxylic acids is 1. The summed E-state index contributed by atoms with van der Waals surface area (Å²) in [6.07, 6.45) is -8.52. The minimum Gasteiger partial charge on any atom is -0.497 e. The van der Waals surface area contributed by atoms with Crippen molar-refractivity contribution in [2.75, 3.05) is 20.2 Å². The zero-order chi connectivity index (χ0) is 43.7. The van der Waals surface area contributed by atoms with Crippen LogP contribution in [0.5, 0.6) is 5.75 Å². The molecule has 18 nitrogen and oxygen atoms in total. The maximum atomic E-state index is 14.0. The molecule has 1 aromatic heterocycles. The van der Waals surface area contributed by atoms with E-state index in [0.29, 0.717) is 11.3 Å². The van der Waals surface area contributed by atoms with Crippen molar-refractivity contribution in [1.82, 2.24) is 25.1 Å². The lowest BCUT2D eigenvalue weighted by molar-refractivity contribution is -0.149. The second kappa shape index (κ2) is 20.4. The predicted octanol–water partition coefficient (Wildman–Crippen LogP) is 1.30. The molecule has 7 N–H and O–H groups in total. The molecule has 2 aromatic carbocycles. The van der Waals surface area contributed by atoms with Crippen LogP contribution in [0.4, 0.5) is 4.79 Å². The minimum absolute atomic E-state index is 0.0135. The number of nitrogens with one attached hydrogen (secondary N) is 3. The van der Waals surface area contributed by atoms with E-state index in [1.807, 2.05) is 39.9 Å². The van der Waals surface area contributed by atoms with Crippen LogP contribution in [0.1, 0.15) is 51.5 Å². The van der Waals surface area contributed by atoms with Gasteiger partial charge in [0, 0.05) is 18.8 Å². The lowest BCUT2D eigenvalue weighted by atomic mass is 9.99. The van der Waals surface area contributed by atoms with Crippen LogP contribution in [0.2, 0.25) is 18.1 Å². The van der Waals surface area contributed by atoms with Gasteiger partial charge in [0.1, 0.15) is 48.9 Å². The molecular formula is C40H57N5O13Si. The van der Waals surface area contributed by atoms with Crippen LogP contribution >= 0.6 is 0 Å². The van der Waals surface area contributed by atoms with E-state index in [1.54, 1.807) is 48.5 Å². The Hall–Kier alpha value is -4.89. The summed E-state index contributed by atoms with van der Waals surface area (Å²) in [6, 6.07) is 13.8. The number of carboxylic acid groups (broad SMARTS) is 1. The number of aromatic nitrogens is 2. The molecule has 2 amide bonds. The van der Waals surface area contributed by atoms with Gasteiger partial charge in [-0.25, -0.2) is 9.59 Å². The third-order valence-corrected chi connectivity index (χ3v) is 15.0. The van der Waals surface area contributed by atoms with E-state index in [0.717, 1.165) is 14.7 Å². The first kappa shape index (κ1) is 46.8. The van der Waals surface area contributed by atoms with Gasteiger partial charge >= 0.3 is 17.8 Å². The fourth-order valence-corrected chi connectivity index (χ4v) is 7.41. The number of carbonyl (C=O) groups is 3. The van der Waals surface area contributed by atoms with Crippen molar-refractivity contribution in [3.63, 3.8) is 0 Å². The number of benzene rings is 2. The van der Waals surface area contributed by atoms with Crippen LogP contribution in [-0.2, 0) is 36.6 Å². The van der Waals surface area contributed by atoms with E-state index in [-0.39, 0.29) is 37.7 Å². The Morgan fingerprint density at radius 2 is 1.61 bits per heavy atom. The van der Waals surface area contributed by atoms with Crippen molar-refractivity contribution in [3.8, 4) is 5.75 Å². The number of ether oxygens (including phenoxy) is 3. The molecule has 1 fully saturated rings. The molecule has 19 heteroatoms. The van der Waals surface area contributed by atoms with Crippen LogP contribution in [0.3, 0.4) is 0 Å². The van der Waals surface area contributed by atoms with E-state index >= 15 is 0 Å². The SMILES string of the molecule is COc1ccc(Cn2c(=O)ccn([C@@H]3OC([C@H](O)[C@H](NCCCNC(=O)[C@@H](NC(=O)OCc4ccccc4)[C@H](C)O)C(=O)O)[C@@H](O)[C@H]3O[Si](C)(C)C(C)(C)C)c2=O)cc1. The molecule has 8 atom stereocenters. The van der Waals surface area contributed by atoms with Gasteiger partial charge in [0.25, 0.3) is 5.56 Å². The standard InChI is InChI=1S/C40H57N5O13Si/c1-24(46)29(43-38(53)56-23-26-12-9-8-10-13-26)35(50)42-20-11-19-41-30(37(51)52)31(48)33-32(49)34(58-59(6,7)40(2,3)4)36(57-33)44-21-18-28(47)45(39(44)54)22-25-14-16-27(55-5)17-15-25/h8-10,12-18,21,24,29-34,36,41,46,48-49H,11,19-20,22-23H2,1-7H3,(H,42,50)(H,43,53)(H,51,52)/t24-,29-,30-,31+,32+,33?,34+,36+/m0/s1. The molecule has 4 rings (SSSR count). The van der Waals surface area contributed by atoms with Crippen LogP contribution in [-0.4, -0.2) is 119 Å². The van der Waals surface area contributed by atoms with Crippen molar-refractivity contribution < 1.29 is 53.4 Å². The highest BCUT2D eigenvalue weighted by atomic mass is 28.4. The zero-order valence-electron chi connectivity index (χ0n) is 34.4. The minimum atomic E-state index is -2.72. The number of aliphatic hydroxyl groups excluding tert-OH is 3. The molecule has 0 aliphatic carbocycles. The first-order valence-corrected chi connectivity index (χ1v) is 22.2. The lowest BCUT2D eigenvalue weighted by Gasteiger charge is -2.40. The van der Waals surface area contributed by atoms with Crippen LogP contribution in [0.25, 0.3) is 0 Å². The Kier molecular flexibility index (Phi) is 16.2. The van der Waals surface area contributed by atoms with Crippen molar-refractivity contribution in [2.24, 2.45) is 0 Å². The summed E-state index contributed by atoms with van der Waals surface area (Å²) in [6.45, 7) is 10.9. The Morgan fingerprint density at radius 1 is 0.949 bits per heavy atom. The largest absolute Gasteiger partial charge is 0.497 e. The molecule has 3 aromatic rings. The van der Waals surface area contributed by atoms with Crippen molar-refractivity contribution >= 4 is 26.3 Å². The van der Waals surface area contributed by atoms with E-state index < -0.39 is 86.4 Å². The number of carbonyl (C=O) groups excluding carboxylic acids is 2. The normalized spacial score (nSPS) is 20.2.